The lowest BCUT2D eigenvalue weighted by Crippen LogP contribution is -2.28. The summed E-state index contributed by atoms with van der Waals surface area (Å²) < 4.78 is 0. The Morgan fingerprint density at radius 3 is 3.45 bits per heavy atom. The van der Waals surface area contributed by atoms with Crippen LogP contribution in [0.4, 0.5) is 0 Å². The van der Waals surface area contributed by atoms with E-state index in [1.165, 1.54) is 0 Å². The van der Waals surface area contributed by atoms with Gasteiger partial charge in [-0.05, 0) is 0 Å². The Morgan fingerprint density at radius 1 is 1.91 bits per heavy atom. The largest absolute Gasteiger partial charge is 0.380 e. The minimum atomic E-state index is -0.00673. The fourth-order valence-corrected chi connectivity index (χ4v) is 0.648. The van der Waals surface area contributed by atoms with Crippen molar-refractivity contribution in [2.75, 3.05) is 19.7 Å². The molecule has 1 aliphatic heterocycles. The number of rotatable bonds is 2. The molecule has 0 aliphatic carbocycles. The molecule has 0 fully saturated rings. The highest BCUT2D eigenvalue weighted by Gasteiger charge is 2.00. The fourth-order valence-electron chi connectivity index (χ4n) is 0.648. The number of nitriles is 1. The molecule has 0 aromatic carbocycles. The Bertz CT molecular complexity index is 215. The number of nitrogens with one attached hydrogen (secondary N) is 1. The minimum Gasteiger partial charge on any atom is -0.380 e. The van der Waals surface area contributed by atoms with Gasteiger partial charge in [-0.2, -0.15) is 5.26 Å². The lowest BCUT2D eigenvalue weighted by atomic mass is 10.3. The molecule has 11 heavy (non-hydrogen) atoms. The molecule has 0 aromatic rings. The van der Waals surface area contributed by atoms with Gasteiger partial charge in [-0.25, -0.2) is 0 Å². The van der Waals surface area contributed by atoms with Crippen LogP contribution in [0, 0.1) is 11.3 Å². The van der Waals surface area contributed by atoms with Gasteiger partial charge in [-0.1, -0.05) is 5.16 Å². The van der Waals surface area contributed by atoms with Crippen molar-refractivity contribution in [1.82, 2.24) is 5.32 Å². The Kier molecular flexibility index (Phi) is 2.93. The van der Waals surface area contributed by atoms with Crippen LogP contribution in [-0.2, 0) is 4.84 Å². The van der Waals surface area contributed by atoms with Crippen LogP contribution in [0.25, 0.3) is 0 Å². The summed E-state index contributed by atoms with van der Waals surface area (Å²) in [5.74, 6) is 0. The molecule has 1 N–H and O–H groups in total. The number of aliphatic imine (C=N–C) groups is 1. The van der Waals surface area contributed by atoms with E-state index in [1.807, 2.05) is 6.07 Å². The zero-order valence-electron chi connectivity index (χ0n) is 5.95. The van der Waals surface area contributed by atoms with E-state index in [0.717, 1.165) is 5.71 Å². The highest BCUT2D eigenvalue weighted by Crippen LogP contribution is 1.85. The molecule has 0 amide bonds. The van der Waals surface area contributed by atoms with Crippen molar-refractivity contribution < 1.29 is 4.84 Å². The predicted octanol–water partition coefficient (Wildman–Crippen LogP) is -0.486. The van der Waals surface area contributed by atoms with Crippen LogP contribution in [0.1, 0.15) is 0 Å². The van der Waals surface area contributed by atoms with Gasteiger partial charge in [0.05, 0.1) is 25.1 Å². The van der Waals surface area contributed by atoms with Gasteiger partial charge < -0.3 is 10.2 Å². The number of hydrogen-bond donors (Lipinski definition) is 1. The van der Waals surface area contributed by atoms with Crippen LogP contribution >= 0.6 is 0 Å². The molecule has 1 heterocycles. The first-order chi connectivity index (χ1) is 5.43. The molecule has 0 aromatic heterocycles. The van der Waals surface area contributed by atoms with Crippen LogP contribution in [0.3, 0.4) is 0 Å². The summed E-state index contributed by atoms with van der Waals surface area (Å²) >= 11 is 0. The van der Waals surface area contributed by atoms with Crippen LogP contribution in [0.5, 0.6) is 0 Å². The van der Waals surface area contributed by atoms with Crippen molar-refractivity contribution in [1.29, 1.82) is 5.26 Å². The molecule has 1 aliphatic rings. The maximum Gasteiger partial charge on any atom is 0.202 e. The van der Waals surface area contributed by atoms with E-state index in [2.05, 4.69) is 20.3 Å². The van der Waals surface area contributed by atoms with Gasteiger partial charge in [-0.15, -0.1) is 0 Å². The van der Waals surface area contributed by atoms with Gasteiger partial charge in [0.25, 0.3) is 0 Å². The van der Waals surface area contributed by atoms with Gasteiger partial charge in [0.2, 0.25) is 6.61 Å². The van der Waals surface area contributed by atoms with Crippen molar-refractivity contribution in [3.63, 3.8) is 0 Å². The van der Waals surface area contributed by atoms with E-state index in [-0.39, 0.29) is 6.61 Å². The van der Waals surface area contributed by atoms with Crippen molar-refractivity contribution in [3.8, 4) is 6.07 Å². The third kappa shape index (κ3) is 2.67. The second-order valence-electron chi connectivity index (χ2n) is 1.94. The van der Waals surface area contributed by atoms with E-state index >= 15 is 0 Å². The summed E-state index contributed by atoms with van der Waals surface area (Å²) in [6.07, 6.45) is 1.63. The molecule has 0 atom stereocenters. The molecule has 0 unspecified atom stereocenters. The molecule has 0 saturated heterocycles. The zero-order valence-corrected chi connectivity index (χ0v) is 5.95. The Labute approximate surface area is 64.4 Å². The Balaban J connectivity index is 2.29. The van der Waals surface area contributed by atoms with Gasteiger partial charge in [0, 0.05) is 0 Å². The highest BCUT2D eigenvalue weighted by molar-refractivity contribution is 5.92. The maximum atomic E-state index is 8.11. The lowest BCUT2D eigenvalue weighted by Gasteiger charge is -2.06. The predicted molar refractivity (Wildman–Crippen MR) is 40.4 cm³/mol. The summed E-state index contributed by atoms with van der Waals surface area (Å²) in [5, 5.41) is 14.7. The molecule has 5 nitrogen and oxygen atoms in total. The topological polar surface area (TPSA) is 69.8 Å². The first-order valence-electron chi connectivity index (χ1n) is 3.20. The molecule has 0 saturated carbocycles. The number of hydrogen-bond acceptors (Lipinski definition) is 5. The van der Waals surface area contributed by atoms with Crippen LogP contribution < -0.4 is 5.32 Å². The van der Waals surface area contributed by atoms with Crippen LogP contribution in [-0.4, -0.2) is 31.7 Å². The van der Waals surface area contributed by atoms with Crippen molar-refractivity contribution in [2.24, 2.45) is 10.1 Å². The molecular weight excluding hydrogens is 144 g/mol. The summed E-state index contributed by atoms with van der Waals surface area (Å²) in [7, 11) is 0. The SMILES string of the molecule is N#CCO/N=C1/CN=CNC1. The second-order valence-corrected chi connectivity index (χ2v) is 1.94. The van der Waals surface area contributed by atoms with E-state index in [1.54, 1.807) is 6.34 Å². The molecule has 0 spiro atoms. The molecular formula is C6H8N4O. The summed E-state index contributed by atoms with van der Waals surface area (Å²) in [5.41, 5.74) is 0.808. The van der Waals surface area contributed by atoms with Gasteiger partial charge in [-0.3, -0.25) is 4.99 Å². The van der Waals surface area contributed by atoms with Gasteiger partial charge in [0.15, 0.2) is 0 Å². The molecule has 5 heteroatoms. The summed E-state index contributed by atoms with van der Waals surface area (Å²) in [4.78, 5) is 8.54. The van der Waals surface area contributed by atoms with E-state index < -0.39 is 0 Å². The maximum absolute atomic E-state index is 8.11. The van der Waals surface area contributed by atoms with E-state index in [9.17, 15) is 0 Å². The van der Waals surface area contributed by atoms with E-state index in [4.69, 9.17) is 5.26 Å². The second kappa shape index (κ2) is 4.28. The van der Waals surface area contributed by atoms with Gasteiger partial charge >= 0.3 is 0 Å². The average Bonchev–Trinajstić information content (AvgIpc) is 2.07. The van der Waals surface area contributed by atoms with E-state index in [0.29, 0.717) is 13.1 Å². The number of oxime groups is 1. The van der Waals surface area contributed by atoms with Crippen molar-refractivity contribution in [3.05, 3.63) is 0 Å². The fraction of sp³-hybridized carbons (Fsp3) is 0.500. The third-order valence-electron chi connectivity index (χ3n) is 1.09. The third-order valence-corrected chi connectivity index (χ3v) is 1.09. The average molecular weight is 152 g/mol. The Morgan fingerprint density at radius 2 is 2.82 bits per heavy atom. The summed E-state index contributed by atoms with van der Waals surface area (Å²) in [6, 6.07) is 1.82. The molecule has 58 valence electrons. The first kappa shape index (κ1) is 7.54. The first-order valence-corrected chi connectivity index (χ1v) is 3.20. The normalized spacial score (nSPS) is 19.0. The van der Waals surface area contributed by atoms with Crippen molar-refractivity contribution >= 4 is 12.1 Å². The zero-order chi connectivity index (χ0) is 7.94. The number of nitrogens with zero attached hydrogens (tertiary/aromatic N) is 3. The summed E-state index contributed by atoms with van der Waals surface area (Å²) in [6.45, 7) is 1.20. The lowest BCUT2D eigenvalue weighted by molar-refractivity contribution is 0.177. The van der Waals surface area contributed by atoms with Gasteiger partial charge in [0.1, 0.15) is 6.07 Å². The monoisotopic (exact) mass is 152 g/mol. The van der Waals surface area contributed by atoms with Crippen LogP contribution in [0.2, 0.25) is 0 Å². The standard InChI is InChI=1S/C6H8N4O/c7-1-2-11-10-6-3-8-5-9-4-6/h5H,2-4H2,(H,8,9). The highest BCUT2D eigenvalue weighted by atomic mass is 16.6. The minimum absolute atomic E-state index is 0.00673. The molecule has 0 radical (unpaired) electrons. The molecule has 1 rings (SSSR count). The smallest absolute Gasteiger partial charge is 0.202 e. The Hall–Kier alpha value is -1.57. The van der Waals surface area contributed by atoms with Crippen LogP contribution in [0.15, 0.2) is 10.1 Å². The molecule has 0 bridgehead atoms. The quantitative estimate of drug-likeness (QED) is 0.429. The van der Waals surface area contributed by atoms with Crippen molar-refractivity contribution in [2.45, 2.75) is 0 Å².